The predicted molar refractivity (Wildman–Crippen MR) is 68.4 cm³/mol. The second-order valence-electron chi connectivity index (χ2n) is 4.05. The number of hydrogen-bond acceptors (Lipinski definition) is 3. The summed E-state index contributed by atoms with van der Waals surface area (Å²) in [6.07, 6.45) is 0. The first-order valence-electron chi connectivity index (χ1n) is 5.35. The predicted octanol–water partition coefficient (Wildman–Crippen LogP) is 2.83. The zero-order valence-corrected chi connectivity index (χ0v) is 9.78. The summed E-state index contributed by atoms with van der Waals surface area (Å²) in [5.41, 5.74) is 7.10. The zero-order chi connectivity index (χ0) is 12.6. The van der Waals surface area contributed by atoms with Crippen LogP contribution in [-0.4, -0.2) is 11.6 Å². The lowest BCUT2D eigenvalue weighted by Gasteiger charge is -2.11. The number of benzene rings is 2. The van der Waals surface area contributed by atoms with E-state index >= 15 is 0 Å². The molecule has 2 aromatic rings. The van der Waals surface area contributed by atoms with Gasteiger partial charge in [0.15, 0.2) is 11.6 Å². The molecule has 0 aliphatic rings. The first-order chi connectivity index (χ1) is 8.02. The molecule has 3 nitrogen and oxygen atoms in total. The van der Waals surface area contributed by atoms with Crippen molar-refractivity contribution in [2.24, 2.45) is 0 Å². The molecule has 0 saturated carbocycles. The fourth-order valence-corrected chi connectivity index (χ4v) is 2.03. The Morgan fingerprint density at radius 1 is 1.06 bits per heavy atom. The van der Waals surface area contributed by atoms with E-state index in [0.717, 1.165) is 10.8 Å². The van der Waals surface area contributed by atoms with Crippen LogP contribution in [0.4, 0.5) is 5.69 Å². The molecule has 3 heteroatoms. The monoisotopic (exact) mass is 227 g/mol. The average Bonchev–Trinajstić information content (AvgIpc) is 2.28. The first-order valence-corrected chi connectivity index (χ1v) is 5.35. The molecule has 0 saturated heterocycles. The van der Waals surface area contributed by atoms with E-state index in [2.05, 4.69) is 0 Å². The summed E-state index contributed by atoms with van der Waals surface area (Å²) < 4.78 is 0. The van der Waals surface area contributed by atoms with E-state index in [1.807, 2.05) is 24.3 Å². The minimum absolute atomic E-state index is 0.146. The van der Waals surface area contributed by atoms with Crippen molar-refractivity contribution in [3.8, 4) is 0 Å². The highest BCUT2D eigenvalue weighted by molar-refractivity contribution is 6.16. The van der Waals surface area contributed by atoms with Crippen molar-refractivity contribution in [1.82, 2.24) is 0 Å². The van der Waals surface area contributed by atoms with Gasteiger partial charge in [0.05, 0.1) is 11.3 Å². The third kappa shape index (κ3) is 1.80. The molecule has 2 aromatic carbocycles. The second-order valence-corrected chi connectivity index (χ2v) is 4.05. The fraction of sp³-hybridized carbons (Fsp3) is 0.143. The fourth-order valence-electron chi connectivity index (χ4n) is 2.03. The number of nitrogen functional groups attached to an aromatic ring is 1. The number of Topliss-reactive ketones (excluding diaryl/α,β-unsaturated/α-hetero) is 2. The number of hydrogen-bond donors (Lipinski definition) is 1. The number of carbonyl (C=O) groups excluding carboxylic acids is 2. The summed E-state index contributed by atoms with van der Waals surface area (Å²) >= 11 is 0. The van der Waals surface area contributed by atoms with Gasteiger partial charge in [0.25, 0.3) is 0 Å². The molecular weight excluding hydrogens is 214 g/mol. The van der Waals surface area contributed by atoms with Crippen LogP contribution in [0.1, 0.15) is 34.6 Å². The average molecular weight is 227 g/mol. The molecule has 0 aromatic heterocycles. The normalized spacial score (nSPS) is 10.5. The molecule has 0 aliphatic carbocycles. The summed E-state index contributed by atoms with van der Waals surface area (Å²) in [7, 11) is 0. The molecule has 2 N–H and O–H groups in total. The minimum Gasteiger partial charge on any atom is -0.398 e. The topological polar surface area (TPSA) is 60.2 Å². The number of carbonyl (C=O) groups is 2. The van der Waals surface area contributed by atoms with Gasteiger partial charge in [-0.2, -0.15) is 0 Å². The molecule has 86 valence electrons. The van der Waals surface area contributed by atoms with Crippen LogP contribution in [0.3, 0.4) is 0 Å². The number of rotatable bonds is 2. The van der Waals surface area contributed by atoms with Crippen LogP contribution < -0.4 is 5.73 Å². The smallest absolute Gasteiger partial charge is 0.162 e. The third-order valence-corrected chi connectivity index (χ3v) is 2.82. The van der Waals surface area contributed by atoms with Crippen molar-refractivity contribution in [3.63, 3.8) is 0 Å². The highest BCUT2D eigenvalue weighted by Crippen LogP contribution is 2.29. The van der Waals surface area contributed by atoms with Crippen molar-refractivity contribution >= 4 is 28.0 Å². The van der Waals surface area contributed by atoms with E-state index in [0.29, 0.717) is 16.8 Å². The second kappa shape index (κ2) is 4.01. The molecule has 0 heterocycles. The standard InChI is InChI=1S/C14H13NO2/c1-8(16)12-7-10-5-3-4-6-11(10)14(15)13(12)9(2)17/h3-7H,15H2,1-2H3. The maximum atomic E-state index is 11.6. The molecule has 0 aliphatic heterocycles. The van der Waals surface area contributed by atoms with E-state index in [4.69, 9.17) is 5.73 Å². The van der Waals surface area contributed by atoms with Gasteiger partial charge in [-0.15, -0.1) is 0 Å². The van der Waals surface area contributed by atoms with Crippen LogP contribution in [0.25, 0.3) is 10.8 Å². The van der Waals surface area contributed by atoms with E-state index in [-0.39, 0.29) is 11.6 Å². The van der Waals surface area contributed by atoms with Gasteiger partial charge in [-0.3, -0.25) is 9.59 Å². The zero-order valence-electron chi connectivity index (χ0n) is 9.78. The summed E-state index contributed by atoms with van der Waals surface area (Å²) in [6, 6.07) is 9.18. The molecule has 0 atom stereocenters. The van der Waals surface area contributed by atoms with Crippen LogP contribution in [-0.2, 0) is 0 Å². The lowest BCUT2D eigenvalue weighted by molar-refractivity contribution is 0.0981. The Bertz CT molecular complexity index is 629. The van der Waals surface area contributed by atoms with Gasteiger partial charge in [-0.05, 0) is 25.3 Å². The van der Waals surface area contributed by atoms with Crippen molar-refractivity contribution < 1.29 is 9.59 Å². The van der Waals surface area contributed by atoms with Crippen LogP contribution >= 0.6 is 0 Å². The molecule has 0 amide bonds. The van der Waals surface area contributed by atoms with Gasteiger partial charge < -0.3 is 5.73 Å². The highest BCUT2D eigenvalue weighted by atomic mass is 16.1. The van der Waals surface area contributed by atoms with Crippen molar-refractivity contribution in [2.45, 2.75) is 13.8 Å². The van der Waals surface area contributed by atoms with Crippen LogP contribution in [0, 0.1) is 0 Å². The summed E-state index contributed by atoms with van der Waals surface area (Å²) in [5, 5.41) is 1.68. The Kier molecular flexibility index (Phi) is 2.68. The summed E-state index contributed by atoms with van der Waals surface area (Å²) in [4.78, 5) is 23.2. The number of ketones is 2. The summed E-state index contributed by atoms with van der Waals surface area (Å²) in [5.74, 6) is -0.328. The lowest BCUT2D eigenvalue weighted by atomic mass is 9.94. The Morgan fingerprint density at radius 3 is 2.29 bits per heavy atom. The lowest BCUT2D eigenvalue weighted by Crippen LogP contribution is -2.08. The maximum absolute atomic E-state index is 11.6. The van der Waals surface area contributed by atoms with E-state index < -0.39 is 0 Å². The number of fused-ring (bicyclic) bond motifs is 1. The Labute approximate surface area is 99.2 Å². The number of anilines is 1. The maximum Gasteiger partial charge on any atom is 0.162 e. The van der Waals surface area contributed by atoms with Gasteiger partial charge >= 0.3 is 0 Å². The molecule has 0 spiro atoms. The molecule has 17 heavy (non-hydrogen) atoms. The Balaban J connectivity index is 2.94. The minimum atomic E-state index is -0.182. The van der Waals surface area contributed by atoms with Crippen LogP contribution in [0.2, 0.25) is 0 Å². The first kappa shape index (κ1) is 11.3. The van der Waals surface area contributed by atoms with Gasteiger partial charge in [0.1, 0.15) is 0 Å². The number of nitrogens with two attached hydrogens (primary N) is 1. The Morgan fingerprint density at radius 2 is 1.71 bits per heavy atom. The summed E-state index contributed by atoms with van der Waals surface area (Å²) in [6.45, 7) is 2.86. The van der Waals surface area contributed by atoms with Crippen LogP contribution in [0.15, 0.2) is 30.3 Å². The highest BCUT2D eigenvalue weighted by Gasteiger charge is 2.17. The molecule has 0 radical (unpaired) electrons. The quantitative estimate of drug-likeness (QED) is 0.634. The molecular formula is C14H13NO2. The van der Waals surface area contributed by atoms with E-state index in [1.165, 1.54) is 13.8 Å². The molecule has 0 fully saturated rings. The SMILES string of the molecule is CC(=O)c1cc2ccccc2c(N)c1C(C)=O. The van der Waals surface area contributed by atoms with E-state index in [9.17, 15) is 9.59 Å². The third-order valence-electron chi connectivity index (χ3n) is 2.82. The van der Waals surface area contributed by atoms with Crippen molar-refractivity contribution in [3.05, 3.63) is 41.5 Å². The van der Waals surface area contributed by atoms with Gasteiger partial charge in [0.2, 0.25) is 0 Å². The van der Waals surface area contributed by atoms with Crippen molar-refractivity contribution in [2.75, 3.05) is 5.73 Å². The largest absolute Gasteiger partial charge is 0.398 e. The molecule has 0 bridgehead atoms. The Hall–Kier alpha value is -2.16. The molecule has 0 unspecified atom stereocenters. The van der Waals surface area contributed by atoms with Crippen LogP contribution in [0.5, 0.6) is 0 Å². The molecule has 2 rings (SSSR count). The van der Waals surface area contributed by atoms with Gasteiger partial charge in [0, 0.05) is 10.9 Å². The van der Waals surface area contributed by atoms with Gasteiger partial charge in [-0.1, -0.05) is 24.3 Å². The van der Waals surface area contributed by atoms with E-state index in [1.54, 1.807) is 6.07 Å². The van der Waals surface area contributed by atoms with Gasteiger partial charge in [-0.25, -0.2) is 0 Å². The van der Waals surface area contributed by atoms with Crippen molar-refractivity contribution in [1.29, 1.82) is 0 Å².